The smallest absolute Gasteiger partial charge is 0.270 e. The Labute approximate surface area is 140 Å². The number of anilines is 2. The Bertz CT molecular complexity index is 706. The Balaban J connectivity index is 2.24. The molecule has 0 radical (unpaired) electrons. The van der Waals surface area contributed by atoms with Gasteiger partial charge in [0, 0.05) is 23.8 Å². The summed E-state index contributed by atoms with van der Waals surface area (Å²) >= 11 is 6.09. The van der Waals surface area contributed by atoms with Crippen molar-refractivity contribution in [3.8, 4) is 5.75 Å². The molecular weight excluding hydrogens is 316 g/mol. The number of hydrogen-bond acceptors (Lipinski definition) is 5. The van der Waals surface area contributed by atoms with E-state index >= 15 is 0 Å². The maximum Gasteiger partial charge on any atom is 0.270 e. The average molecular weight is 335 g/mol. The number of halogens is 1. The number of aromatic nitrogens is 2. The van der Waals surface area contributed by atoms with Crippen LogP contribution in [-0.2, 0) is 0 Å². The van der Waals surface area contributed by atoms with Crippen molar-refractivity contribution in [1.29, 1.82) is 0 Å². The molecule has 0 aliphatic carbocycles. The Kier molecular flexibility index (Phi) is 5.76. The van der Waals surface area contributed by atoms with Crippen LogP contribution in [0.1, 0.15) is 29.4 Å². The van der Waals surface area contributed by atoms with Gasteiger partial charge >= 0.3 is 0 Å². The van der Waals surface area contributed by atoms with Crippen LogP contribution in [0.4, 0.5) is 11.6 Å². The van der Waals surface area contributed by atoms with Crippen LogP contribution in [0.3, 0.4) is 0 Å². The molecule has 0 spiro atoms. The molecule has 0 fully saturated rings. The lowest BCUT2D eigenvalue weighted by atomic mass is 10.2. The number of amides is 1. The summed E-state index contributed by atoms with van der Waals surface area (Å²) in [5.41, 5.74) is 1.88. The highest BCUT2D eigenvalue weighted by Gasteiger charge is 2.11. The summed E-state index contributed by atoms with van der Waals surface area (Å²) in [6, 6.07) is 5.13. The minimum Gasteiger partial charge on any atom is -0.495 e. The zero-order chi connectivity index (χ0) is 16.8. The van der Waals surface area contributed by atoms with Crippen molar-refractivity contribution in [1.82, 2.24) is 15.3 Å². The molecule has 122 valence electrons. The summed E-state index contributed by atoms with van der Waals surface area (Å²) < 4.78 is 5.30. The van der Waals surface area contributed by atoms with E-state index in [0.29, 0.717) is 34.6 Å². The average Bonchev–Trinajstić information content (AvgIpc) is 2.56. The van der Waals surface area contributed by atoms with Crippen molar-refractivity contribution in [2.24, 2.45) is 0 Å². The van der Waals surface area contributed by atoms with Gasteiger partial charge in [0.2, 0.25) is 5.95 Å². The predicted octanol–water partition coefficient (Wildman–Crippen LogP) is 3.33. The maximum atomic E-state index is 12.0. The Morgan fingerprint density at radius 1 is 1.39 bits per heavy atom. The van der Waals surface area contributed by atoms with Gasteiger partial charge in [0.15, 0.2) is 0 Å². The minimum absolute atomic E-state index is 0.225. The first-order valence-electron chi connectivity index (χ1n) is 7.27. The van der Waals surface area contributed by atoms with E-state index in [1.54, 1.807) is 19.2 Å². The van der Waals surface area contributed by atoms with E-state index in [9.17, 15) is 4.79 Å². The molecule has 0 saturated carbocycles. The van der Waals surface area contributed by atoms with Gasteiger partial charge < -0.3 is 15.4 Å². The van der Waals surface area contributed by atoms with Crippen molar-refractivity contribution in [2.75, 3.05) is 19.0 Å². The first kappa shape index (κ1) is 17.0. The monoisotopic (exact) mass is 334 g/mol. The lowest BCUT2D eigenvalue weighted by Gasteiger charge is -2.12. The Morgan fingerprint density at radius 3 is 2.87 bits per heavy atom. The second kappa shape index (κ2) is 7.78. The molecule has 6 nitrogen and oxygen atoms in total. The lowest BCUT2D eigenvalue weighted by Crippen LogP contribution is -2.25. The van der Waals surface area contributed by atoms with Crippen molar-refractivity contribution < 1.29 is 9.53 Å². The molecule has 1 aromatic heterocycles. The number of nitrogens with one attached hydrogen (secondary N) is 2. The topological polar surface area (TPSA) is 76.1 Å². The molecule has 2 N–H and O–H groups in total. The second-order valence-electron chi connectivity index (χ2n) is 4.95. The first-order chi connectivity index (χ1) is 11.0. The number of methoxy groups -OCH3 is 1. The molecule has 23 heavy (non-hydrogen) atoms. The van der Waals surface area contributed by atoms with Gasteiger partial charge in [-0.05, 0) is 31.0 Å². The third-order valence-corrected chi connectivity index (χ3v) is 3.56. The van der Waals surface area contributed by atoms with E-state index in [1.165, 1.54) is 6.20 Å². The summed E-state index contributed by atoms with van der Waals surface area (Å²) in [5, 5.41) is 6.45. The van der Waals surface area contributed by atoms with Crippen LogP contribution in [0.15, 0.2) is 24.4 Å². The van der Waals surface area contributed by atoms with Gasteiger partial charge in [-0.1, -0.05) is 18.5 Å². The van der Waals surface area contributed by atoms with Crippen LogP contribution in [0.25, 0.3) is 0 Å². The SMILES string of the molecule is CCCNC(=O)c1ccnc(Nc2cc(C)c(Cl)cc2OC)n1. The third kappa shape index (κ3) is 4.32. The van der Waals surface area contributed by atoms with Gasteiger partial charge in [0.25, 0.3) is 5.91 Å². The van der Waals surface area contributed by atoms with E-state index in [1.807, 2.05) is 19.9 Å². The summed E-state index contributed by atoms with van der Waals surface area (Å²) in [4.78, 5) is 20.3. The second-order valence-corrected chi connectivity index (χ2v) is 5.36. The van der Waals surface area contributed by atoms with Crippen LogP contribution in [-0.4, -0.2) is 29.5 Å². The summed E-state index contributed by atoms with van der Waals surface area (Å²) in [6.45, 7) is 4.49. The van der Waals surface area contributed by atoms with E-state index in [-0.39, 0.29) is 5.91 Å². The van der Waals surface area contributed by atoms with Gasteiger partial charge in [-0.15, -0.1) is 0 Å². The molecule has 0 saturated heterocycles. The minimum atomic E-state index is -0.225. The van der Waals surface area contributed by atoms with Crippen LogP contribution in [0.2, 0.25) is 5.02 Å². The van der Waals surface area contributed by atoms with E-state index in [4.69, 9.17) is 16.3 Å². The quantitative estimate of drug-likeness (QED) is 0.847. The highest BCUT2D eigenvalue weighted by molar-refractivity contribution is 6.31. The molecule has 2 rings (SSSR count). The molecule has 0 aliphatic heterocycles. The highest BCUT2D eigenvalue weighted by Crippen LogP contribution is 2.32. The molecule has 0 unspecified atom stereocenters. The normalized spacial score (nSPS) is 10.3. The van der Waals surface area contributed by atoms with Crippen LogP contribution < -0.4 is 15.4 Å². The zero-order valence-electron chi connectivity index (χ0n) is 13.3. The largest absolute Gasteiger partial charge is 0.495 e. The number of benzene rings is 1. The third-order valence-electron chi connectivity index (χ3n) is 3.15. The molecule has 0 aliphatic rings. The molecule has 0 bridgehead atoms. The summed E-state index contributed by atoms with van der Waals surface area (Å²) in [7, 11) is 1.56. The summed E-state index contributed by atoms with van der Waals surface area (Å²) in [6.07, 6.45) is 2.40. The molecule has 1 aromatic carbocycles. The predicted molar refractivity (Wildman–Crippen MR) is 90.7 cm³/mol. The van der Waals surface area contributed by atoms with Gasteiger partial charge in [-0.3, -0.25) is 4.79 Å². The number of carbonyl (C=O) groups excluding carboxylic acids is 1. The van der Waals surface area contributed by atoms with Crippen LogP contribution >= 0.6 is 11.6 Å². The first-order valence-corrected chi connectivity index (χ1v) is 7.65. The van der Waals surface area contributed by atoms with Gasteiger partial charge in [0.05, 0.1) is 12.8 Å². The van der Waals surface area contributed by atoms with Gasteiger partial charge in [-0.25, -0.2) is 9.97 Å². The molecule has 1 heterocycles. The number of hydrogen-bond donors (Lipinski definition) is 2. The molecule has 0 atom stereocenters. The molecule has 1 amide bonds. The standard InChI is InChI=1S/C16H19ClN4O2/c1-4-6-18-15(22)12-5-7-19-16(20-12)21-13-8-10(2)11(17)9-14(13)23-3/h5,7-9H,4,6H2,1-3H3,(H,18,22)(H,19,20,21). The van der Waals surface area contributed by atoms with Crippen molar-refractivity contribution in [3.63, 3.8) is 0 Å². The lowest BCUT2D eigenvalue weighted by molar-refractivity contribution is 0.0948. The fraction of sp³-hybridized carbons (Fsp3) is 0.312. The van der Waals surface area contributed by atoms with E-state index < -0.39 is 0 Å². The van der Waals surface area contributed by atoms with Gasteiger partial charge in [0.1, 0.15) is 11.4 Å². The molecular formula is C16H19ClN4O2. The fourth-order valence-corrected chi connectivity index (χ4v) is 2.08. The van der Waals surface area contributed by atoms with Gasteiger partial charge in [-0.2, -0.15) is 0 Å². The molecule has 2 aromatic rings. The van der Waals surface area contributed by atoms with Crippen LogP contribution in [0, 0.1) is 6.92 Å². The number of carbonyl (C=O) groups is 1. The van der Waals surface area contributed by atoms with Crippen molar-refractivity contribution >= 4 is 29.1 Å². The number of ether oxygens (including phenoxy) is 1. The van der Waals surface area contributed by atoms with Crippen LogP contribution in [0.5, 0.6) is 5.75 Å². The Hall–Kier alpha value is -2.34. The number of rotatable bonds is 6. The molecule has 7 heteroatoms. The maximum absolute atomic E-state index is 12.0. The van der Waals surface area contributed by atoms with E-state index in [2.05, 4.69) is 20.6 Å². The number of nitrogens with zero attached hydrogens (tertiary/aromatic N) is 2. The fourth-order valence-electron chi connectivity index (χ4n) is 1.92. The van der Waals surface area contributed by atoms with E-state index in [0.717, 1.165) is 12.0 Å². The van der Waals surface area contributed by atoms with Crippen molar-refractivity contribution in [3.05, 3.63) is 40.7 Å². The highest BCUT2D eigenvalue weighted by atomic mass is 35.5. The van der Waals surface area contributed by atoms with Crippen molar-refractivity contribution in [2.45, 2.75) is 20.3 Å². The number of aryl methyl sites for hydroxylation is 1. The summed E-state index contributed by atoms with van der Waals surface area (Å²) in [5.74, 6) is 0.663. The zero-order valence-corrected chi connectivity index (χ0v) is 14.1. The Morgan fingerprint density at radius 2 is 2.17 bits per heavy atom.